The van der Waals surface area contributed by atoms with Gasteiger partial charge in [-0.1, -0.05) is 0 Å². The van der Waals surface area contributed by atoms with Gasteiger partial charge in [-0.25, -0.2) is 4.98 Å². The molecular weight excluding hydrogens is 298 g/mol. The maximum absolute atomic E-state index is 12.4. The minimum atomic E-state index is -0.102. The van der Waals surface area contributed by atoms with Gasteiger partial charge in [0.05, 0.1) is 12.2 Å². The highest BCUT2D eigenvalue weighted by Gasteiger charge is 2.23. The number of nitrogens with one attached hydrogen (secondary N) is 1. The number of hydrogen-bond acceptors (Lipinski definition) is 4. The summed E-state index contributed by atoms with van der Waals surface area (Å²) >= 11 is 1.58. The predicted octanol–water partition coefficient (Wildman–Crippen LogP) is 1.94. The van der Waals surface area contributed by atoms with Crippen molar-refractivity contribution in [1.29, 1.82) is 0 Å². The molecule has 6 nitrogen and oxygen atoms in total. The Morgan fingerprint density at radius 1 is 1.41 bits per heavy atom. The molecule has 0 fully saturated rings. The molecule has 1 amide bonds. The molecule has 7 heteroatoms. The fraction of sp³-hybridized carbons (Fsp3) is 0.400. The van der Waals surface area contributed by atoms with Crippen LogP contribution in [0.2, 0.25) is 0 Å². The number of rotatable bonds is 3. The quantitative estimate of drug-likeness (QED) is 0.803. The summed E-state index contributed by atoms with van der Waals surface area (Å²) in [5.74, 6) is -0.102. The lowest BCUT2D eigenvalue weighted by Crippen LogP contribution is -2.25. The van der Waals surface area contributed by atoms with Gasteiger partial charge in [0, 0.05) is 36.1 Å². The van der Waals surface area contributed by atoms with E-state index in [0.717, 1.165) is 35.5 Å². The highest BCUT2D eigenvalue weighted by molar-refractivity contribution is 7.15. The third-order valence-corrected chi connectivity index (χ3v) is 4.92. The molecule has 0 spiro atoms. The maximum Gasteiger partial charge on any atom is 0.272 e. The minimum Gasteiger partial charge on any atom is -0.345 e. The molecule has 1 aliphatic carbocycles. The summed E-state index contributed by atoms with van der Waals surface area (Å²) in [7, 11) is 1.92. The number of hydrogen-bond donors (Lipinski definition) is 1. The SMILES string of the molecule is Cn1nc(C(=O)NCc2cn3ccsc3n2)c2c1CCCC2. The van der Waals surface area contributed by atoms with E-state index in [1.807, 2.05) is 33.9 Å². The lowest BCUT2D eigenvalue weighted by atomic mass is 9.95. The zero-order valence-electron chi connectivity index (χ0n) is 12.4. The fourth-order valence-corrected chi connectivity index (χ4v) is 3.79. The molecule has 0 saturated heterocycles. The summed E-state index contributed by atoms with van der Waals surface area (Å²) in [6.45, 7) is 0.429. The average molecular weight is 315 g/mol. The van der Waals surface area contributed by atoms with Crippen LogP contribution < -0.4 is 5.32 Å². The number of aromatic nitrogens is 4. The number of thiazole rings is 1. The van der Waals surface area contributed by atoms with Crippen molar-refractivity contribution in [2.24, 2.45) is 7.05 Å². The fourth-order valence-electron chi connectivity index (χ4n) is 3.07. The second-order valence-electron chi connectivity index (χ2n) is 5.61. The molecular formula is C15H17N5OS. The molecule has 0 radical (unpaired) electrons. The van der Waals surface area contributed by atoms with Gasteiger partial charge in [-0.15, -0.1) is 11.3 Å². The van der Waals surface area contributed by atoms with E-state index < -0.39 is 0 Å². The first-order valence-corrected chi connectivity index (χ1v) is 8.34. The van der Waals surface area contributed by atoms with Crippen LogP contribution in [0.5, 0.6) is 0 Å². The van der Waals surface area contributed by atoms with E-state index in [-0.39, 0.29) is 5.91 Å². The Labute approximate surface area is 131 Å². The number of carbonyl (C=O) groups excluding carboxylic acids is 1. The van der Waals surface area contributed by atoms with Gasteiger partial charge < -0.3 is 5.32 Å². The van der Waals surface area contributed by atoms with Crippen LogP contribution in [0.1, 0.15) is 40.3 Å². The van der Waals surface area contributed by atoms with Gasteiger partial charge >= 0.3 is 0 Å². The smallest absolute Gasteiger partial charge is 0.272 e. The van der Waals surface area contributed by atoms with E-state index in [1.54, 1.807) is 11.3 Å². The van der Waals surface area contributed by atoms with Crippen molar-refractivity contribution in [2.45, 2.75) is 32.2 Å². The average Bonchev–Trinajstić information content (AvgIpc) is 3.19. The van der Waals surface area contributed by atoms with E-state index in [9.17, 15) is 4.79 Å². The molecule has 0 atom stereocenters. The number of imidazole rings is 1. The second kappa shape index (κ2) is 5.24. The van der Waals surface area contributed by atoms with Gasteiger partial charge in [-0.3, -0.25) is 13.9 Å². The van der Waals surface area contributed by atoms with Crippen LogP contribution in [-0.2, 0) is 26.4 Å². The third-order valence-electron chi connectivity index (χ3n) is 4.15. The van der Waals surface area contributed by atoms with Crippen LogP contribution in [0, 0.1) is 0 Å². The molecule has 0 unspecified atom stereocenters. The highest BCUT2D eigenvalue weighted by Crippen LogP contribution is 2.23. The Bertz CT molecular complexity index is 815. The van der Waals surface area contributed by atoms with Crippen molar-refractivity contribution in [1.82, 2.24) is 24.5 Å². The molecule has 3 aromatic heterocycles. The van der Waals surface area contributed by atoms with Crippen LogP contribution in [0.15, 0.2) is 17.8 Å². The van der Waals surface area contributed by atoms with E-state index in [0.29, 0.717) is 12.2 Å². The minimum absolute atomic E-state index is 0.102. The van der Waals surface area contributed by atoms with Crippen molar-refractivity contribution < 1.29 is 4.79 Å². The molecule has 0 bridgehead atoms. The third kappa shape index (κ3) is 2.21. The van der Waals surface area contributed by atoms with Crippen molar-refractivity contribution >= 4 is 22.2 Å². The van der Waals surface area contributed by atoms with Crippen LogP contribution in [0.3, 0.4) is 0 Å². The van der Waals surface area contributed by atoms with E-state index in [1.165, 1.54) is 12.1 Å². The number of amides is 1. The normalized spacial score (nSPS) is 14.2. The first-order chi connectivity index (χ1) is 10.7. The molecule has 3 heterocycles. The maximum atomic E-state index is 12.4. The monoisotopic (exact) mass is 315 g/mol. The lowest BCUT2D eigenvalue weighted by molar-refractivity contribution is 0.0943. The molecule has 1 N–H and O–H groups in total. The standard InChI is InChI=1S/C15H17N5OS/c1-19-12-5-3-2-4-11(12)13(18-19)14(21)16-8-10-9-20-6-7-22-15(20)17-10/h6-7,9H,2-5,8H2,1H3,(H,16,21). The molecule has 0 aliphatic heterocycles. The van der Waals surface area contributed by atoms with Crippen LogP contribution >= 0.6 is 11.3 Å². The van der Waals surface area contributed by atoms with Gasteiger partial charge in [0.2, 0.25) is 0 Å². The molecule has 0 aromatic carbocycles. The molecule has 114 valence electrons. The molecule has 1 aliphatic rings. The summed E-state index contributed by atoms with van der Waals surface area (Å²) < 4.78 is 3.82. The lowest BCUT2D eigenvalue weighted by Gasteiger charge is -2.12. The van der Waals surface area contributed by atoms with E-state index >= 15 is 0 Å². The summed E-state index contributed by atoms with van der Waals surface area (Å²) in [6, 6.07) is 0. The van der Waals surface area contributed by atoms with Gasteiger partial charge in [0.1, 0.15) is 0 Å². The highest BCUT2D eigenvalue weighted by atomic mass is 32.1. The topological polar surface area (TPSA) is 64.2 Å². The summed E-state index contributed by atoms with van der Waals surface area (Å²) in [5, 5.41) is 9.35. The van der Waals surface area contributed by atoms with Crippen molar-refractivity contribution in [3.05, 3.63) is 40.4 Å². The second-order valence-corrected chi connectivity index (χ2v) is 6.49. The number of carbonyl (C=O) groups is 1. The first kappa shape index (κ1) is 13.5. The number of aryl methyl sites for hydroxylation is 1. The van der Waals surface area contributed by atoms with Gasteiger partial charge in [0.15, 0.2) is 10.7 Å². The summed E-state index contributed by atoms with van der Waals surface area (Å²) in [5.41, 5.74) is 3.78. The Morgan fingerprint density at radius 3 is 3.14 bits per heavy atom. The number of fused-ring (bicyclic) bond motifs is 2. The van der Waals surface area contributed by atoms with Crippen molar-refractivity contribution in [3.8, 4) is 0 Å². The van der Waals surface area contributed by atoms with Crippen LogP contribution in [0.25, 0.3) is 4.96 Å². The first-order valence-electron chi connectivity index (χ1n) is 7.46. The van der Waals surface area contributed by atoms with Gasteiger partial charge in [-0.05, 0) is 25.7 Å². The Morgan fingerprint density at radius 2 is 2.27 bits per heavy atom. The zero-order chi connectivity index (χ0) is 15.1. The molecule has 4 rings (SSSR count). The van der Waals surface area contributed by atoms with E-state index in [2.05, 4.69) is 15.4 Å². The Hall–Kier alpha value is -2.15. The number of nitrogens with zero attached hydrogens (tertiary/aromatic N) is 4. The van der Waals surface area contributed by atoms with Gasteiger partial charge in [-0.2, -0.15) is 5.10 Å². The van der Waals surface area contributed by atoms with Crippen LogP contribution in [-0.4, -0.2) is 25.1 Å². The predicted molar refractivity (Wildman–Crippen MR) is 84.1 cm³/mol. The van der Waals surface area contributed by atoms with Crippen molar-refractivity contribution in [2.75, 3.05) is 0 Å². The molecule has 0 saturated carbocycles. The summed E-state index contributed by atoms with van der Waals surface area (Å²) in [4.78, 5) is 17.9. The Balaban J connectivity index is 1.51. The largest absolute Gasteiger partial charge is 0.345 e. The van der Waals surface area contributed by atoms with E-state index in [4.69, 9.17) is 0 Å². The van der Waals surface area contributed by atoms with Crippen molar-refractivity contribution in [3.63, 3.8) is 0 Å². The van der Waals surface area contributed by atoms with Gasteiger partial charge in [0.25, 0.3) is 5.91 Å². The molecule has 22 heavy (non-hydrogen) atoms. The zero-order valence-corrected chi connectivity index (χ0v) is 13.2. The molecule has 3 aromatic rings. The Kier molecular flexibility index (Phi) is 3.22. The summed E-state index contributed by atoms with van der Waals surface area (Å²) in [6.07, 6.45) is 8.19. The van der Waals surface area contributed by atoms with Crippen LogP contribution in [0.4, 0.5) is 0 Å².